The Morgan fingerprint density at radius 2 is 1.62 bits per heavy atom. The quantitative estimate of drug-likeness (QED) is 0.443. The van der Waals surface area contributed by atoms with Crippen molar-refractivity contribution >= 4 is 33.1 Å². The van der Waals surface area contributed by atoms with Crippen molar-refractivity contribution in [3.8, 4) is 0 Å². The molecule has 4 heteroatoms. The molecule has 0 unspecified atom stereocenters. The number of aromatic nitrogens is 2. The lowest BCUT2D eigenvalue weighted by Gasteiger charge is -2.06. The van der Waals surface area contributed by atoms with E-state index in [0.717, 1.165) is 22.0 Å². The standard InChI is InChI=1S/C20H16N4/c1-14(16-11-10-15-6-2-3-7-17(15)12-16)22-24-20-19-9-5-4-8-18(19)13-21-23-20/h2-13H,1H3,(H,23,24)/b22-14+. The second-order valence-corrected chi connectivity index (χ2v) is 5.65. The summed E-state index contributed by atoms with van der Waals surface area (Å²) in [5.41, 5.74) is 5.03. The van der Waals surface area contributed by atoms with E-state index in [0.29, 0.717) is 5.82 Å². The molecule has 3 aromatic carbocycles. The Morgan fingerprint density at radius 3 is 2.50 bits per heavy atom. The number of hydrogen-bond acceptors (Lipinski definition) is 4. The average Bonchev–Trinajstić information content (AvgIpc) is 2.65. The summed E-state index contributed by atoms with van der Waals surface area (Å²) in [5.74, 6) is 0.660. The molecule has 0 amide bonds. The number of nitrogens with zero attached hydrogens (tertiary/aromatic N) is 3. The summed E-state index contributed by atoms with van der Waals surface area (Å²) in [6.07, 6.45) is 1.75. The molecule has 0 saturated heterocycles. The third-order valence-corrected chi connectivity index (χ3v) is 4.07. The van der Waals surface area contributed by atoms with Gasteiger partial charge in [0.05, 0.1) is 11.9 Å². The lowest BCUT2D eigenvalue weighted by molar-refractivity contribution is 1.04. The zero-order chi connectivity index (χ0) is 16.4. The third-order valence-electron chi connectivity index (χ3n) is 4.07. The van der Waals surface area contributed by atoms with E-state index in [1.165, 1.54) is 10.8 Å². The first-order valence-corrected chi connectivity index (χ1v) is 7.81. The summed E-state index contributed by atoms with van der Waals surface area (Å²) in [7, 11) is 0. The van der Waals surface area contributed by atoms with Crippen LogP contribution in [-0.4, -0.2) is 15.9 Å². The summed E-state index contributed by atoms with van der Waals surface area (Å²) in [6.45, 7) is 1.98. The summed E-state index contributed by atoms with van der Waals surface area (Å²) in [5, 5.41) is 17.1. The largest absolute Gasteiger partial charge is 0.259 e. The number of anilines is 1. The zero-order valence-corrected chi connectivity index (χ0v) is 13.3. The van der Waals surface area contributed by atoms with Gasteiger partial charge in [0.25, 0.3) is 0 Å². The maximum absolute atomic E-state index is 4.49. The number of fused-ring (bicyclic) bond motifs is 2. The molecule has 0 aliphatic heterocycles. The van der Waals surface area contributed by atoms with Crippen LogP contribution < -0.4 is 5.43 Å². The fraction of sp³-hybridized carbons (Fsp3) is 0.0500. The first kappa shape index (κ1) is 14.3. The van der Waals surface area contributed by atoms with Gasteiger partial charge < -0.3 is 0 Å². The second-order valence-electron chi connectivity index (χ2n) is 5.65. The maximum atomic E-state index is 4.49. The van der Waals surface area contributed by atoms with Crippen LogP contribution in [0.15, 0.2) is 78.0 Å². The van der Waals surface area contributed by atoms with Gasteiger partial charge in [0.1, 0.15) is 0 Å². The van der Waals surface area contributed by atoms with E-state index in [9.17, 15) is 0 Å². The summed E-state index contributed by atoms with van der Waals surface area (Å²) >= 11 is 0. The van der Waals surface area contributed by atoms with E-state index >= 15 is 0 Å². The van der Waals surface area contributed by atoms with Crippen LogP contribution >= 0.6 is 0 Å². The first-order chi connectivity index (χ1) is 11.8. The maximum Gasteiger partial charge on any atom is 0.176 e. The predicted molar refractivity (Wildman–Crippen MR) is 99.3 cm³/mol. The van der Waals surface area contributed by atoms with Gasteiger partial charge in [0.2, 0.25) is 0 Å². The molecule has 4 nitrogen and oxygen atoms in total. The SMILES string of the molecule is C/C(=N\Nc1nncc2ccccc12)c1ccc2ccccc2c1. The minimum Gasteiger partial charge on any atom is -0.259 e. The first-order valence-electron chi connectivity index (χ1n) is 7.81. The van der Waals surface area contributed by atoms with Gasteiger partial charge in [-0.25, -0.2) is 0 Å². The van der Waals surface area contributed by atoms with Crippen molar-refractivity contribution in [3.63, 3.8) is 0 Å². The Kier molecular flexibility index (Phi) is 3.63. The van der Waals surface area contributed by atoms with Crippen molar-refractivity contribution in [3.05, 3.63) is 78.5 Å². The van der Waals surface area contributed by atoms with Crippen molar-refractivity contribution in [2.75, 3.05) is 5.43 Å². The van der Waals surface area contributed by atoms with Gasteiger partial charge in [-0.2, -0.15) is 10.2 Å². The van der Waals surface area contributed by atoms with Crippen LogP contribution in [0.2, 0.25) is 0 Å². The number of hydrazone groups is 1. The molecule has 4 aromatic rings. The minimum absolute atomic E-state index is 0.660. The smallest absolute Gasteiger partial charge is 0.176 e. The van der Waals surface area contributed by atoms with Crippen LogP contribution in [0.1, 0.15) is 12.5 Å². The molecular formula is C20H16N4. The summed E-state index contributed by atoms with van der Waals surface area (Å²) in [4.78, 5) is 0. The topological polar surface area (TPSA) is 50.2 Å². The van der Waals surface area contributed by atoms with E-state index < -0.39 is 0 Å². The summed E-state index contributed by atoms with van der Waals surface area (Å²) in [6, 6.07) is 22.6. The molecule has 0 bridgehead atoms. The molecule has 0 saturated carbocycles. The van der Waals surface area contributed by atoms with Crippen molar-refractivity contribution in [1.29, 1.82) is 0 Å². The Labute approximate surface area is 139 Å². The van der Waals surface area contributed by atoms with Gasteiger partial charge in [0, 0.05) is 10.8 Å². The fourth-order valence-corrected chi connectivity index (χ4v) is 2.73. The van der Waals surface area contributed by atoms with E-state index in [4.69, 9.17) is 0 Å². The number of hydrogen-bond donors (Lipinski definition) is 1. The number of benzene rings is 3. The van der Waals surface area contributed by atoms with Gasteiger partial charge in [-0.1, -0.05) is 60.7 Å². The lowest BCUT2D eigenvalue weighted by atomic mass is 10.0. The molecular weight excluding hydrogens is 296 g/mol. The molecule has 116 valence electrons. The highest BCUT2D eigenvalue weighted by Crippen LogP contribution is 2.20. The Hall–Kier alpha value is -3.27. The normalized spacial score (nSPS) is 11.8. The molecule has 0 aliphatic carbocycles. The monoisotopic (exact) mass is 312 g/mol. The van der Waals surface area contributed by atoms with Crippen LogP contribution in [0.25, 0.3) is 21.5 Å². The molecule has 0 aliphatic rings. The van der Waals surface area contributed by atoms with Gasteiger partial charge >= 0.3 is 0 Å². The molecule has 4 rings (SSSR count). The van der Waals surface area contributed by atoms with E-state index in [-0.39, 0.29) is 0 Å². The fourth-order valence-electron chi connectivity index (χ4n) is 2.73. The highest BCUT2D eigenvalue weighted by atomic mass is 15.3. The summed E-state index contributed by atoms with van der Waals surface area (Å²) < 4.78 is 0. The highest BCUT2D eigenvalue weighted by molar-refractivity contribution is 6.02. The molecule has 0 spiro atoms. The van der Waals surface area contributed by atoms with E-state index in [1.807, 2.05) is 43.3 Å². The minimum atomic E-state index is 0.660. The highest BCUT2D eigenvalue weighted by Gasteiger charge is 2.03. The van der Waals surface area contributed by atoms with Gasteiger partial charge in [-0.15, -0.1) is 5.10 Å². The molecule has 1 aromatic heterocycles. The van der Waals surface area contributed by atoms with E-state index in [2.05, 4.69) is 51.1 Å². The molecule has 0 fully saturated rings. The van der Waals surface area contributed by atoms with Crippen LogP contribution in [0.4, 0.5) is 5.82 Å². The van der Waals surface area contributed by atoms with Gasteiger partial charge in [0.15, 0.2) is 5.82 Å². The zero-order valence-electron chi connectivity index (χ0n) is 13.3. The lowest BCUT2D eigenvalue weighted by Crippen LogP contribution is -2.02. The molecule has 0 radical (unpaired) electrons. The van der Waals surface area contributed by atoms with Crippen molar-refractivity contribution in [2.45, 2.75) is 6.92 Å². The number of nitrogens with one attached hydrogen (secondary N) is 1. The Balaban J connectivity index is 1.66. The van der Waals surface area contributed by atoms with E-state index in [1.54, 1.807) is 6.20 Å². The van der Waals surface area contributed by atoms with Crippen LogP contribution in [-0.2, 0) is 0 Å². The molecule has 24 heavy (non-hydrogen) atoms. The van der Waals surface area contributed by atoms with Gasteiger partial charge in [-0.05, 0) is 29.3 Å². The number of rotatable bonds is 3. The van der Waals surface area contributed by atoms with Crippen LogP contribution in [0, 0.1) is 0 Å². The van der Waals surface area contributed by atoms with Crippen molar-refractivity contribution in [2.24, 2.45) is 5.10 Å². The Morgan fingerprint density at radius 1 is 0.875 bits per heavy atom. The van der Waals surface area contributed by atoms with Crippen molar-refractivity contribution < 1.29 is 0 Å². The Bertz CT molecular complexity index is 1050. The third kappa shape index (κ3) is 2.70. The van der Waals surface area contributed by atoms with Crippen LogP contribution in [0.3, 0.4) is 0 Å². The second kappa shape index (κ2) is 6.08. The van der Waals surface area contributed by atoms with Crippen molar-refractivity contribution in [1.82, 2.24) is 10.2 Å². The molecule has 0 atom stereocenters. The average molecular weight is 312 g/mol. The molecule has 1 heterocycles. The molecule has 1 N–H and O–H groups in total. The predicted octanol–water partition coefficient (Wildman–Crippen LogP) is 4.62. The van der Waals surface area contributed by atoms with Gasteiger partial charge in [-0.3, -0.25) is 5.43 Å². The van der Waals surface area contributed by atoms with Crippen LogP contribution in [0.5, 0.6) is 0 Å².